The fraction of sp³-hybridized carbons (Fsp3) is 0.111. The third-order valence-electron chi connectivity index (χ3n) is 1.67. The van der Waals surface area contributed by atoms with Gasteiger partial charge in [0.25, 0.3) is 0 Å². The van der Waals surface area contributed by atoms with Crippen molar-refractivity contribution in [1.29, 1.82) is 5.26 Å². The van der Waals surface area contributed by atoms with Crippen molar-refractivity contribution < 1.29 is 14.1 Å². The van der Waals surface area contributed by atoms with Gasteiger partial charge in [0.2, 0.25) is 11.7 Å². The zero-order chi connectivity index (χ0) is 12.1. The molecule has 0 bridgehead atoms. The summed E-state index contributed by atoms with van der Waals surface area (Å²) in [5, 5.41) is 20.8. The Balaban J connectivity index is 2.92. The number of nitro groups is 1. The Morgan fingerprint density at radius 1 is 1.62 bits per heavy atom. The normalized spacial score (nSPS) is 9.25. The predicted octanol–water partition coefficient (Wildman–Crippen LogP) is 1.59. The van der Waals surface area contributed by atoms with E-state index in [9.17, 15) is 19.3 Å². The highest BCUT2D eigenvalue weighted by molar-refractivity contribution is 5.92. The first kappa shape index (κ1) is 11.6. The topological polar surface area (TPSA) is 96.0 Å². The first-order chi connectivity index (χ1) is 7.54. The molecule has 0 fully saturated rings. The van der Waals surface area contributed by atoms with Gasteiger partial charge in [-0.2, -0.15) is 9.65 Å². The maximum Gasteiger partial charge on any atom is 0.306 e. The average molecular weight is 223 g/mol. The van der Waals surface area contributed by atoms with Crippen LogP contribution in [0.4, 0.5) is 15.8 Å². The molecule has 0 aliphatic heterocycles. The molecule has 0 heterocycles. The number of nitrogens with zero attached hydrogens (tertiary/aromatic N) is 2. The number of benzene rings is 1. The summed E-state index contributed by atoms with van der Waals surface area (Å²) >= 11 is 0. The molecular formula is C9H6FN3O3. The summed E-state index contributed by atoms with van der Waals surface area (Å²) in [6.07, 6.45) is -0.370. The number of nitrogens with one attached hydrogen (secondary N) is 1. The van der Waals surface area contributed by atoms with Gasteiger partial charge in [-0.1, -0.05) is 0 Å². The minimum Gasteiger partial charge on any atom is -0.325 e. The molecule has 1 aromatic rings. The molecule has 0 atom stereocenters. The van der Waals surface area contributed by atoms with E-state index in [1.54, 1.807) is 6.07 Å². The minimum absolute atomic E-state index is 0.0772. The van der Waals surface area contributed by atoms with Gasteiger partial charge < -0.3 is 5.32 Å². The molecule has 1 aromatic carbocycles. The van der Waals surface area contributed by atoms with Gasteiger partial charge in [0, 0.05) is 11.8 Å². The van der Waals surface area contributed by atoms with Crippen molar-refractivity contribution in [3.63, 3.8) is 0 Å². The molecule has 0 aliphatic rings. The second kappa shape index (κ2) is 4.84. The molecule has 0 spiro atoms. The molecule has 0 aromatic heterocycles. The molecule has 82 valence electrons. The van der Waals surface area contributed by atoms with Crippen molar-refractivity contribution in [2.75, 3.05) is 5.32 Å². The molecule has 0 radical (unpaired) electrons. The van der Waals surface area contributed by atoms with Gasteiger partial charge in [0.05, 0.1) is 11.0 Å². The van der Waals surface area contributed by atoms with Gasteiger partial charge in [0.15, 0.2) is 0 Å². The van der Waals surface area contributed by atoms with Crippen LogP contribution in [0.15, 0.2) is 18.2 Å². The lowest BCUT2D eigenvalue weighted by atomic mass is 10.2. The lowest BCUT2D eigenvalue weighted by Crippen LogP contribution is -2.10. The Hall–Kier alpha value is -2.49. The maximum atomic E-state index is 12.9. The van der Waals surface area contributed by atoms with Crippen molar-refractivity contribution in [3.8, 4) is 6.07 Å². The largest absolute Gasteiger partial charge is 0.325 e. The molecule has 1 rings (SSSR count). The standard InChI is InChI=1S/C9H6FN3O3/c10-7-2-1-6(5-8(7)13(15)16)12-9(14)3-4-11/h1-2,5H,3H2,(H,12,14). The van der Waals surface area contributed by atoms with Crippen LogP contribution in [0.25, 0.3) is 0 Å². The zero-order valence-electron chi connectivity index (χ0n) is 7.94. The van der Waals surface area contributed by atoms with E-state index >= 15 is 0 Å². The summed E-state index contributed by atoms with van der Waals surface area (Å²) in [5.41, 5.74) is -0.650. The molecule has 7 heteroatoms. The number of nitriles is 1. The Morgan fingerprint density at radius 2 is 2.31 bits per heavy atom. The second-order valence-electron chi connectivity index (χ2n) is 2.81. The van der Waals surface area contributed by atoms with Crippen LogP contribution < -0.4 is 5.32 Å². The summed E-state index contributed by atoms with van der Waals surface area (Å²) in [6, 6.07) is 4.56. The fourth-order valence-electron chi connectivity index (χ4n) is 1.01. The predicted molar refractivity (Wildman–Crippen MR) is 51.9 cm³/mol. The molecule has 16 heavy (non-hydrogen) atoms. The van der Waals surface area contributed by atoms with Gasteiger partial charge in [-0.05, 0) is 12.1 Å². The fourth-order valence-corrected chi connectivity index (χ4v) is 1.01. The van der Waals surface area contributed by atoms with E-state index in [1.165, 1.54) is 6.07 Å². The van der Waals surface area contributed by atoms with Crippen LogP contribution in [0.5, 0.6) is 0 Å². The molecule has 0 aliphatic carbocycles. The Labute approximate surface area is 89.4 Å². The average Bonchev–Trinajstić information content (AvgIpc) is 2.21. The highest BCUT2D eigenvalue weighted by Gasteiger charge is 2.14. The highest BCUT2D eigenvalue weighted by atomic mass is 19.1. The number of hydrogen-bond acceptors (Lipinski definition) is 4. The summed E-state index contributed by atoms with van der Waals surface area (Å²) in [5.74, 6) is -1.59. The smallest absolute Gasteiger partial charge is 0.306 e. The van der Waals surface area contributed by atoms with Crippen molar-refractivity contribution in [2.45, 2.75) is 6.42 Å². The van der Waals surface area contributed by atoms with Crippen LogP contribution in [-0.2, 0) is 4.79 Å². The first-order valence-corrected chi connectivity index (χ1v) is 4.15. The maximum absolute atomic E-state index is 12.9. The van der Waals surface area contributed by atoms with E-state index in [0.717, 1.165) is 12.1 Å². The highest BCUT2D eigenvalue weighted by Crippen LogP contribution is 2.21. The van der Waals surface area contributed by atoms with Crippen LogP contribution in [-0.4, -0.2) is 10.8 Å². The second-order valence-corrected chi connectivity index (χ2v) is 2.81. The van der Waals surface area contributed by atoms with Crippen molar-refractivity contribution >= 4 is 17.3 Å². The Morgan fingerprint density at radius 3 is 2.88 bits per heavy atom. The molecule has 1 amide bonds. The summed E-state index contributed by atoms with van der Waals surface area (Å²) in [6.45, 7) is 0. The molecule has 1 N–H and O–H groups in total. The zero-order valence-corrected chi connectivity index (χ0v) is 7.94. The molecular weight excluding hydrogens is 217 g/mol. The van der Waals surface area contributed by atoms with Crippen LogP contribution >= 0.6 is 0 Å². The molecule has 0 saturated heterocycles. The molecule has 6 nitrogen and oxygen atoms in total. The number of nitro benzene ring substituents is 1. The first-order valence-electron chi connectivity index (χ1n) is 4.15. The third-order valence-corrected chi connectivity index (χ3v) is 1.67. The van der Waals surface area contributed by atoms with Crippen LogP contribution in [0.2, 0.25) is 0 Å². The summed E-state index contributed by atoms with van der Waals surface area (Å²) in [7, 11) is 0. The van der Waals surface area contributed by atoms with E-state index < -0.39 is 22.3 Å². The van der Waals surface area contributed by atoms with E-state index in [-0.39, 0.29) is 12.1 Å². The quantitative estimate of drug-likeness (QED) is 0.621. The van der Waals surface area contributed by atoms with E-state index in [2.05, 4.69) is 5.32 Å². The number of carbonyl (C=O) groups excluding carboxylic acids is 1. The number of carbonyl (C=O) groups is 1. The lowest BCUT2D eigenvalue weighted by molar-refractivity contribution is -0.387. The number of anilines is 1. The van der Waals surface area contributed by atoms with Crippen molar-refractivity contribution in [2.24, 2.45) is 0 Å². The number of amides is 1. The number of rotatable bonds is 3. The van der Waals surface area contributed by atoms with Gasteiger partial charge in [-0.3, -0.25) is 14.9 Å². The van der Waals surface area contributed by atoms with E-state index in [4.69, 9.17) is 5.26 Å². The summed E-state index contributed by atoms with van der Waals surface area (Å²) < 4.78 is 12.9. The van der Waals surface area contributed by atoms with Crippen LogP contribution in [0, 0.1) is 27.3 Å². The van der Waals surface area contributed by atoms with Crippen LogP contribution in [0.1, 0.15) is 6.42 Å². The number of halogens is 1. The SMILES string of the molecule is N#CCC(=O)Nc1ccc(F)c([N+](=O)[O-])c1. The van der Waals surface area contributed by atoms with Crippen LogP contribution in [0.3, 0.4) is 0 Å². The lowest BCUT2D eigenvalue weighted by Gasteiger charge is -2.02. The van der Waals surface area contributed by atoms with E-state index in [1.807, 2.05) is 0 Å². The molecule has 0 unspecified atom stereocenters. The van der Waals surface area contributed by atoms with Gasteiger partial charge in [-0.15, -0.1) is 0 Å². The molecule has 0 saturated carbocycles. The minimum atomic E-state index is -0.983. The van der Waals surface area contributed by atoms with Gasteiger partial charge in [0.1, 0.15) is 6.42 Å². The van der Waals surface area contributed by atoms with Gasteiger partial charge in [-0.25, -0.2) is 0 Å². The third kappa shape index (κ3) is 2.75. The Kier molecular flexibility index (Phi) is 3.50. The monoisotopic (exact) mass is 223 g/mol. The van der Waals surface area contributed by atoms with Crippen molar-refractivity contribution in [1.82, 2.24) is 0 Å². The summed E-state index contributed by atoms with van der Waals surface area (Å²) in [4.78, 5) is 20.5. The van der Waals surface area contributed by atoms with E-state index in [0.29, 0.717) is 0 Å². The number of hydrogen-bond donors (Lipinski definition) is 1. The Bertz CT molecular complexity index is 481. The van der Waals surface area contributed by atoms with Crippen molar-refractivity contribution in [3.05, 3.63) is 34.1 Å². The van der Waals surface area contributed by atoms with Gasteiger partial charge >= 0.3 is 5.69 Å².